The lowest BCUT2D eigenvalue weighted by Crippen LogP contribution is -1.98. The molecule has 0 saturated carbocycles. The molecule has 0 atom stereocenters. The second kappa shape index (κ2) is 5.36. The van der Waals surface area contributed by atoms with Crippen LogP contribution in [0.25, 0.3) is 0 Å². The summed E-state index contributed by atoms with van der Waals surface area (Å²) in [5.74, 6) is 0.622. The van der Waals surface area contributed by atoms with E-state index in [0.29, 0.717) is 12.5 Å². The molecule has 1 aromatic carbocycles. The van der Waals surface area contributed by atoms with Crippen LogP contribution in [0.4, 0.5) is 0 Å². The first-order chi connectivity index (χ1) is 6.74. The van der Waals surface area contributed by atoms with Crippen molar-refractivity contribution in [2.45, 2.75) is 26.8 Å². The second-order valence-corrected chi connectivity index (χ2v) is 3.77. The molecule has 0 aromatic heterocycles. The molecule has 0 N–H and O–H groups in total. The highest BCUT2D eigenvalue weighted by Crippen LogP contribution is 2.14. The van der Waals surface area contributed by atoms with Gasteiger partial charge in [0.1, 0.15) is 0 Å². The lowest BCUT2D eigenvalue weighted by Gasteiger charge is -2.08. The monoisotopic (exact) mass is 189 g/mol. The summed E-state index contributed by atoms with van der Waals surface area (Å²) >= 11 is 0. The molecule has 0 heterocycles. The summed E-state index contributed by atoms with van der Waals surface area (Å²) in [5.41, 5.74) is 2.41. The van der Waals surface area contributed by atoms with Gasteiger partial charge in [0.25, 0.3) is 0 Å². The third-order valence-electron chi connectivity index (χ3n) is 2.06. The van der Waals surface area contributed by atoms with Crippen molar-refractivity contribution >= 4 is 6.08 Å². The first-order valence-corrected chi connectivity index (χ1v) is 4.84. The summed E-state index contributed by atoms with van der Waals surface area (Å²) in [4.78, 5) is 13.6. The van der Waals surface area contributed by atoms with Gasteiger partial charge in [-0.05, 0) is 23.5 Å². The molecule has 0 aliphatic heterocycles. The van der Waals surface area contributed by atoms with Gasteiger partial charge in [0.15, 0.2) is 0 Å². The molecule has 0 amide bonds. The van der Waals surface area contributed by atoms with Crippen LogP contribution in [0, 0.1) is 5.92 Å². The van der Waals surface area contributed by atoms with Gasteiger partial charge in [0.2, 0.25) is 6.08 Å². The number of aliphatic imine (C=N–C) groups is 1. The molecule has 1 rings (SSSR count). The maximum Gasteiger partial charge on any atom is 0.235 e. The lowest BCUT2D eigenvalue weighted by atomic mass is 9.98. The van der Waals surface area contributed by atoms with Crippen molar-refractivity contribution in [3.05, 3.63) is 35.4 Å². The van der Waals surface area contributed by atoms with Crippen LogP contribution in [0.5, 0.6) is 0 Å². The van der Waals surface area contributed by atoms with Gasteiger partial charge in [-0.15, -0.1) is 0 Å². The quantitative estimate of drug-likeness (QED) is 0.529. The minimum Gasteiger partial charge on any atom is -0.211 e. The zero-order valence-electron chi connectivity index (χ0n) is 8.66. The maximum atomic E-state index is 10.0. The topological polar surface area (TPSA) is 29.4 Å². The molecule has 0 unspecified atom stereocenters. The van der Waals surface area contributed by atoms with E-state index in [1.54, 1.807) is 6.08 Å². The number of nitrogens with zero attached hydrogens (tertiary/aromatic N) is 1. The molecular formula is C12H15NO. The van der Waals surface area contributed by atoms with E-state index in [9.17, 15) is 4.79 Å². The SMILES string of the molecule is CC(C)Cc1ccccc1CN=C=O. The average molecular weight is 189 g/mol. The van der Waals surface area contributed by atoms with E-state index in [1.807, 2.05) is 18.2 Å². The molecule has 0 bridgehead atoms. The molecule has 1 aromatic rings. The fourth-order valence-electron chi connectivity index (χ4n) is 1.47. The third kappa shape index (κ3) is 3.15. The highest BCUT2D eigenvalue weighted by Gasteiger charge is 2.02. The molecule has 0 saturated heterocycles. The normalized spacial score (nSPS) is 9.93. The van der Waals surface area contributed by atoms with Crippen molar-refractivity contribution < 1.29 is 4.79 Å². The molecule has 74 valence electrons. The Labute approximate surface area is 84.7 Å². The predicted molar refractivity (Wildman–Crippen MR) is 56.8 cm³/mol. The van der Waals surface area contributed by atoms with E-state index < -0.39 is 0 Å². The van der Waals surface area contributed by atoms with Gasteiger partial charge < -0.3 is 0 Å². The number of benzene rings is 1. The minimum absolute atomic E-state index is 0.451. The second-order valence-electron chi connectivity index (χ2n) is 3.77. The third-order valence-corrected chi connectivity index (χ3v) is 2.06. The maximum absolute atomic E-state index is 10.0. The Bertz CT molecular complexity index is 338. The average Bonchev–Trinajstić information content (AvgIpc) is 2.16. The van der Waals surface area contributed by atoms with Crippen molar-refractivity contribution in [1.82, 2.24) is 0 Å². The van der Waals surface area contributed by atoms with Crippen LogP contribution in [0.15, 0.2) is 29.3 Å². The zero-order chi connectivity index (χ0) is 10.4. The smallest absolute Gasteiger partial charge is 0.211 e. The Morgan fingerprint density at radius 2 is 1.93 bits per heavy atom. The summed E-state index contributed by atoms with van der Waals surface area (Å²) in [5, 5.41) is 0. The Balaban J connectivity index is 2.84. The zero-order valence-corrected chi connectivity index (χ0v) is 8.66. The molecular weight excluding hydrogens is 174 g/mol. The van der Waals surface area contributed by atoms with Crippen molar-refractivity contribution in [2.75, 3.05) is 0 Å². The summed E-state index contributed by atoms with van der Waals surface area (Å²) in [6.07, 6.45) is 2.60. The molecule has 2 nitrogen and oxygen atoms in total. The van der Waals surface area contributed by atoms with Gasteiger partial charge in [-0.1, -0.05) is 38.1 Å². The number of isocyanates is 1. The van der Waals surface area contributed by atoms with Crippen LogP contribution in [0.1, 0.15) is 25.0 Å². The fourth-order valence-corrected chi connectivity index (χ4v) is 1.47. The van der Waals surface area contributed by atoms with E-state index in [1.165, 1.54) is 5.56 Å². The van der Waals surface area contributed by atoms with E-state index >= 15 is 0 Å². The van der Waals surface area contributed by atoms with E-state index in [2.05, 4.69) is 24.9 Å². The predicted octanol–water partition coefficient (Wildman–Crippen LogP) is 2.72. The Kier molecular flexibility index (Phi) is 4.09. The number of hydrogen-bond donors (Lipinski definition) is 0. The first kappa shape index (κ1) is 10.7. The van der Waals surface area contributed by atoms with E-state index in [-0.39, 0.29) is 0 Å². The largest absolute Gasteiger partial charge is 0.235 e. The highest BCUT2D eigenvalue weighted by atomic mass is 16.1. The van der Waals surface area contributed by atoms with Crippen LogP contribution in [-0.4, -0.2) is 6.08 Å². The number of hydrogen-bond acceptors (Lipinski definition) is 2. The number of rotatable bonds is 4. The standard InChI is InChI=1S/C12H15NO/c1-10(2)7-11-5-3-4-6-12(11)8-13-9-14/h3-6,10H,7-8H2,1-2H3. The molecule has 0 aliphatic carbocycles. The lowest BCUT2D eigenvalue weighted by molar-refractivity contribution is 0.562. The summed E-state index contributed by atoms with van der Waals surface area (Å²) < 4.78 is 0. The Morgan fingerprint density at radius 3 is 2.50 bits per heavy atom. The van der Waals surface area contributed by atoms with Crippen LogP contribution in [0.3, 0.4) is 0 Å². The van der Waals surface area contributed by atoms with Gasteiger partial charge in [-0.25, -0.2) is 9.79 Å². The Morgan fingerprint density at radius 1 is 1.29 bits per heavy atom. The van der Waals surface area contributed by atoms with Gasteiger partial charge in [-0.3, -0.25) is 0 Å². The minimum atomic E-state index is 0.451. The van der Waals surface area contributed by atoms with Crippen molar-refractivity contribution in [3.8, 4) is 0 Å². The highest BCUT2D eigenvalue weighted by molar-refractivity contribution is 5.35. The van der Waals surface area contributed by atoms with Crippen molar-refractivity contribution in [1.29, 1.82) is 0 Å². The summed E-state index contributed by atoms with van der Waals surface area (Å²) in [6, 6.07) is 8.10. The van der Waals surface area contributed by atoms with E-state index in [4.69, 9.17) is 0 Å². The van der Waals surface area contributed by atoms with Gasteiger partial charge >= 0.3 is 0 Å². The summed E-state index contributed by atoms with van der Waals surface area (Å²) in [6.45, 7) is 4.81. The van der Waals surface area contributed by atoms with Crippen LogP contribution < -0.4 is 0 Å². The van der Waals surface area contributed by atoms with Gasteiger partial charge in [0, 0.05) is 0 Å². The van der Waals surface area contributed by atoms with Gasteiger partial charge in [-0.2, -0.15) is 0 Å². The van der Waals surface area contributed by atoms with Crippen LogP contribution >= 0.6 is 0 Å². The van der Waals surface area contributed by atoms with Crippen molar-refractivity contribution in [3.63, 3.8) is 0 Å². The summed E-state index contributed by atoms with van der Waals surface area (Å²) in [7, 11) is 0. The molecule has 0 spiro atoms. The Hall–Kier alpha value is -1.40. The number of carbonyl (C=O) groups excluding carboxylic acids is 1. The molecule has 2 heteroatoms. The van der Waals surface area contributed by atoms with Gasteiger partial charge in [0.05, 0.1) is 6.54 Å². The van der Waals surface area contributed by atoms with Crippen LogP contribution in [-0.2, 0) is 17.8 Å². The molecule has 0 fully saturated rings. The first-order valence-electron chi connectivity index (χ1n) is 4.84. The molecule has 0 radical (unpaired) electrons. The fraction of sp³-hybridized carbons (Fsp3) is 0.417. The van der Waals surface area contributed by atoms with E-state index in [0.717, 1.165) is 12.0 Å². The van der Waals surface area contributed by atoms with Crippen molar-refractivity contribution in [2.24, 2.45) is 10.9 Å². The van der Waals surface area contributed by atoms with Crippen LogP contribution in [0.2, 0.25) is 0 Å². The molecule has 0 aliphatic rings. The molecule has 14 heavy (non-hydrogen) atoms.